The van der Waals surface area contributed by atoms with Crippen LogP contribution < -0.4 is 5.32 Å². The lowest BCUT2D eigenvalue weighted by atomic mass is 9.86. The van der Waals surface area contributed by atoms with Crippen LogP contribution in [0.25, 0.3) is 0 Å². The van der Waals surface area contributed by atoms with Gasteiger partial charge in [0.1, 0.15) is 0 Å². The van der Waals surface area contributed by atoms with E-state index >= 15 is 0 Å². The Morgan fingerprint density at radius 3 is 2.85 bits per heavy atom. The fourth-order valence-electron chi connectivity index (χ4n) is 3.02. The lowest BCUT2D eigenvalue weighted by molar-refractivity contribution is -0.0984. The molecule has 1 atom stereocenters. The van der Waals surface area contributed by atoms with Crippen LogP contribution in [0.3, 0.4) is 0 Å². The van der Waals surface area contributed by atoms with Crippen molar-refractivity contribution in [3.05, 3.63) is 12.4 Å². The molecule has 0 aromatic carbocycles. The number of hydrogen-bond donors (Lipinski definition) is 1. The Morgan fingerprint density at radius 1 is 1.45 bits per heavy atom. The summed E-state index contributed by atoms with van der Waals surface area (Å²) in [7, 11) is 0. The first-order valence-corrected chi connectivity index (χ1v) is 8.01. The molecule has 20 heavy (non-hydrogen) atoms. The minimum atomic E-state index is 0.0580. The molecule has 1 aromatic heterocycles. The molecule has 1 N–H and O–H groups in total. The predicted octanol–water partition coefficient (Wildman–Crippen LogP) is 3.86. The number of aromatic nitrogens is 2. The van der Waals surface area contributed by atoms with E-state index in [4.69, 9.17) is 4.74 Å². The third-order valence-corrected chi connectivity index (χ3v) is 4.49. The van der Waals surface area contributed by atoms with E-state index in [2.05, 4.69) is 48.8 Å². The zero-order valence-electron chi connectivity index (χ0n) is 13.4. The Kier molecular flexibility index (Phi) is 5.08. The van der Waals surface area contributed by atoms with Gasteiger partial charge in [0.05, 0.1) is 5.60 Å². The highest BCUT2D eigenvalue weighted by Gasteiger charge is 2.35. The average molecular weight is 279 g/mol. The minimum Gasteiger partial charge on any atom is -0.375 e. The average Bonchev–Trinajstić information content (AvgIpc) is 2.93. The van der Waals surface area contributed by atoms with Crippen LogP contribution in [0.1, 0.15) is 59.4 Å². The minimum absolute atomic E-state index is 0.0580. The number of anilines is 1. The molecule has 4 nitrogen and oxygen atoms in total. The van der Waals surface area contributed by atoms with Gasteiger partial charge in [-0.1, -0.05) is 27.7 Å². The van der Waals surface area contributed by atoms with Gasteiger partial charge in [-0.3, -0.25) is 0 Å². The zero-order chi connectivity index (χ0) is 14.6. The van der Waals surface area contributed by atoms with Crippen LogP contribution in [0.5, 0.6) is 0 Å². The van der Waals surface area contributed by atoms with Crippen LogP contribution >= 0.6 is 0 Å². The summed E-state index contributed by atoms with van der Waals surface area (Å²) in [6, 6.07) is 0.501. The predicted molar refractivity (Wildman–Crippen MR) is 83.1 cm³/mol. The van der Waals surface area contributed by atoms with Gasteiger partial charge in [-0.25, -0.2) is 4.98 Å². The van der Waals surface area contributed by atoms with Crippen molar-refractivity contribution in [3.63, 3.8) is 0 Å². The molecule has 0 amide bonds. The number of rotatable bonds is 6. The maximum absolute atomic E-state index is 6.08. The van der Waals surface area contributed by atoms with Crippen molar-refractivity contribution in [2.24, 2.45) is 5.92 Å². The second-order valence-electron chi connectivity index (χ2n) is 6.32. The van der Waals surface area contributed by atoms with Crippen molar-refractivity contribution < 1.29 is 4.74 Å². The quantitative estimate of drug-likeness (QED) is 0.859. The summed E-state index contributed by atoms with van der Waals surface area (Å²) >= 11 is 0. The van der Waals surface area contributed by atoms with Gasteiger partial charge in [0, 0.05) is 31.6 Å². The van der Waals surface area contributed by atoms with E-state index in [0.717, 1.165) is 44.8 Å². The maximum Gasteiger partial charge on any atom is 0.203 e. The van der Waals surface area contributed by atoms with E-state index in [1.165, 1.54) is 0 Å². The Hall–Kier alpha value is -1.03. The molecule has 4 heteroatoms. The van der Waals surface area contributed by atoms with Gasteiger partial charge in [-0.05, 0) is 31.6 Å². The molecule has 0 spiro atoms. The number of ether oxygens (including phenoxy) is 1. The highest BCUT2D eigenvalue weighted by Crippen LogP contribution is 2.38. The molecule has 0 aliphatic carbocycles. The van der Waals surface area contributed by atoms with Crippen LogP contribution in [0.2, 0.25) is 0 Å². The van der Waals surface area contributed by atoms with E-state index in [-0.39, 0.29) is 5.60 Å². The third-order valence-electron chi connectivity index (χ3n) is 4.49. The SMILES string of the molecule is CCC1(CC)CC(n2ccnc2NCC(C)C)CCO1. The van der Waals surface area contributed by atoms with Gasteiger partial charge < -0.3 is 14.6 Å². The van der Waals surface area contributed by atoms with Gasteiger partial charge in [-0.15, -0.1) is 0 Å². The third kappa shape index (κ3) is 3.35. The van der Waals surface area contributed by atoms with Gasteiger partial charge in [-0.2, -0.15) is 0 Å². The lowest BCUT2D eigenvalue weighted by Crippen LogP contribution is -2.39. The van der Waals surface area contributed by atoms with Crippen molar-refractivity contribution in [2.45, 2.75) is 65.0 Å². The summed E-state index contributed by atoms with van der Waals surface area (Å²) in [4.78, 5) is 4.47. The number of imidazole rings is 1. The summed E-state index contributed by atoms with van der Waals surface area (Å²) < 4.78 is 8.39. The van der Waals surface area contributed by atoms with Crippen LogP contribution in [0.4, 0.5) is 5.95 Å². The molecule has 114 valence electrons. The Morgan fingerprint density at radius 2 is 2.20 bits per heavy atom. The summed E-state index contributed by atoms with van der Waals surface area (Å²) in [5.74, 6) is 1.63. The first-order valence-electron chi connectivity index (χ1n) is 8.01. The number of nitrogens with zero attached hydrogens (tertiary/aromatic N) is 2. The number of hydrogen-bond acceptors (Lipinski definition) is 3. The first kappa shape index (κ1) is 15.4. The van der Waals surface area contributed by atoms with E-state index in [9.17, 15) is 0 Å². The van der Waals surface area contributed by atoms with Crippen LogP contribution in [0, 0.1) is 5.92 Å². The zero-order valence-corrected chi connectivity index (χ0v) is 13.4. The largest absolute Gasteiger partial charge is 0.375 e. The molecular formula is C16H29N3O. The van der Waals surface area contributed by atoms with Crippen molar-refractivity contribution in [2.75, 3.05) is 18.5 Å². The molecule has 0 bridgehead atoms. The fraction of sp³-hybridized carbons (Fsp3) is 0.812. The summed E-state index contributed by atoms with van der Waals surface area (Å²) in [5, 5.41) is 3.46. The second-order valence-corrected chi connectivity index (χ2v) is 6.32. The molecule has 1 aliphatic rings. The monoisotopic (exact) mass is 279 g/mol. The van der Waals surface area contributed by atoms with E-state index in [0.29, 0.717) is 12.0 Å². The van der Waals surface area contributed by atoms with Gasteiger partial charge in [0.15, 0.2) is 0 Å². The van der Waals surface area contributed by atoms with Crippen LogP contribution in [-0.2, 0) is 4.74 Å². The van der Waals surface area contributed by atoms with Crippen LogP contribution in [0.15, 0.2) is 12.4 Å². The van der Waals surface area contributed by atoms with E-state index in [1.807, 2.05) is 6.20 Å². The molecule has 2 rings (SSSR count). The highest BCUT2D eigenvalue weighted by atomic mass is 16.5. The maximum atomic E-state index is 6.08. The normalized spacial score (nSPS) is 22.1. The molecule has 1 unspecified atom stereocenters. The number of nitrogens with one attached hydrogen (secondary N) is 1. The molecule has 1 fully saturated rings. The molecule has 1 aliphatic heterocycles. The Bertz CT molecular complexity index is 410. The second kappa shape index (κ2) is 6.61. The first-order chi connectivity index (χ1) is 9.60. The van der Waals surface area contributed by atoms with Gasteiger partial charge >= 0.3 is 0 Å². The standard InChI is InChI=1S/C16H29N3O/c1-5-16(6-2)11-14(7-10-20-16)19-9-8-17-15(19)18-12-13(3)4/h8-9,13-14H,5-7,10-12H2,1-4H3,(H,17,18). The Balaban J connectivity index is 2.09. The van der Waals surface area contributed by atoms with Crippen molar-refractivity contribution in [1.29, 1.82) is 0 Å². The molecule has 2 heterocycles. The lowest BCUT2D eigenvalue weighted by Gasteiger charge is -2.40. The van der Waals surface area contributed by atoms with E-state index in [1.54, 1.807) is 0 Å². The van der Waals surface area contributed by atoms with Crippen molar-refractivity contribution >= 4 is 5.95 Å². The molecular weight excluding hydrogens is 250 g/mol. The fourth-order valence-corrected chi connectivity index (χ4v) is 3.02. The summed E-state index contributed by atoms with van der Waals surface area (Å²) in [6.07, 6.45) is 8.35. The van der Waals surface area contributed by atoms with Gasteiger partial charge in [0.2, 0.25) is 5.95 Å². The van der Waals surface area contributed by atoms with E-state index < -0.39 is 0 Å². The molecule has 0 radical (unpaired) electrons. The summed E-state index contributed by atoms with van der Waals surface area (Å²) in [5.41, 5.74) is 0.0580. The smallest absolute Gasteiger partial charge is 0.203 e. The van der Waals surface area contributed by atoms with Crippen molar-refractivity contribution in [3.8, 4) is 0 Å². The summed E-state index contributed by atoms with van der Waals surface area (Å²) in [6.45, 7) is 10.7. The molecule has 1 aromatic rings. The van der Waals surface area contributed by atoms with Gasteiger partial charge in [0.25, 0.3) is 0 Å². The van der Waals surface area contributed by atoms with Crippen LogP contribution in [-0.4, -0.2) is 28.3 Å². The highest BCUT2D eigenvalue weighted by molar-refractivity contribution is 5.27. The topological polar surface area (TPSA) is 39.1 Å². The van der Waals surface area contributed by atoms with Crippen molar-refractivity contribution in [1.82, 2.24) is 9.55 Å². The molecule has 1 saturated heterocycles. The molecule has 0 saturated carbocycles. The Labute approximate surface area is 122 Å².